The van der Waals surface area contributed by atoms with Gasteiger partial charge in [0.2, 0.25) is 5.75 Å². The fourth-order valence-electron chi connectivity index (χ4n) is 6.05. The summed E-state index contributed by atoms with van der Waals surface area (Å²) < 4.78 is 23.1. The smallest absolute Gasteiger partial charge is 0.205 e. The van der Waals surface area contributed by atoms with Crippen molar-refractivity contribution in [1.29, 1.82) is 0 Å². The standard InChI is InChI=1S/C34H34N2O6/c1-39-29-17-22-16-27(35-30(22)34(41-3)33(29)40-2)32(38)25-14-9-15-36(20-37)31-24-13-8-7-12-23(24)28(18-26(25)31)42-19-21-10-5-4-6-11-21/h4-8,10-13,16-18,25,35,37H,9,14-15,19-20H2,1-3H3. The van der Waals surface area contributed by atoms with E-state index < -0.39 is 5.92 Å². The lowest BCUT2D eigenvalue weighted by molar-refractivity contribution is 0.0951. The number of nitrogens with one attached hydrogen (secondary N) is 1. The lowest BCUT2D eigenvalue weighted by Crippen LogP contribution is -2.25. The van der Waals surface area contributed by atoms with Gasteiger partial charge < -0.3 is 33.9 Å². The molecule has 8 heteroatoms. The molecular weight excluding hydrogens is 532 g/mol. The van der Waals surface area contributed by atoms with E-state index in [0.717, 1.165) is 39.4 Å². The number of Topliss-reactive ketones (excluding diaryl/α,β-unsaturated/α-hetero) is 1. The molecular formula is C34H34N2O6. The van der Waals surface area contributed by atoms with E-state index in [1.165, 1.54) is 0 Å². The van der Waals surface area contributed by atoms with Crippen LogP contribution in [0.2, 0.25) is 0 Å². The van der Waals surface area contributed by atoms with Crippen LogP contribution >= 0.6 is 0 Å². The van der Waals surface area contributed by atoms with Gasteiger partial charge in [0.15, 0.2) is 17.3 Å². The monoisotopic (exact) mass is 566 g/mol. The zero-order valence-electron chi connectivity index (χ0n) is 24.0. The maximum Gasteiger partial charge on any atom is 0.205 e. The first-order valence-corrected chi connectivity index (χ1v) is 14.0. The molecule has 0 saturated carbocycles. The molecule has 1 aromatic heterocycles. The highest BCUT2D eigenvalue weighted by molar-refractivity contribution is 6.08. The average molecular weight is 567 g/mol. The number of carbonyl (C=O) groups excluding carboxylic acids is 1. The summed E-state index contributed by atoms with van der Waals surface area (Å²) in [5, 5.41) is 13.1. The summed E-state index contributed by atoms with van der Waals surface area (Å²) in [6.45, 7) is 0.888. The Bertz CT molecular complexity index is 1750. The molecule has 8 nitrogen and oxygen atoms in total. The van der Waals surface area contributed by atoms with Crippen molar-refractivity contribution in [2.24, 2.45) is 0 Å². The summed E-state index contributed by atoms with van der Waals surface area (Å²) in [5.74, 6) is 1.66. The van der Waals surface area contributed by atoms with Gasteiger partial charge in [-0.2, -0.15) is 0 Å². The van der Waals surface area contributed by atoms with Gasteiger partial charge >= 0.3 is 0 Å². The first-order valence-electron chi connectivity index (χ1n) is 14.0. The van der Waals surface area contributed by atoms with Gasteiger partial charge in [0.1, 0.15) is 19.1 Å². The third-order valence-corrected chi connectivity index (χ3v) is 8.03. The van der Waals surface area contributed by atoms with Crippen LogP contribution in [0.4, 0.5) is 5.69 Å². The Morgan fingerprint density at radius 2 is 1.64 bits per heavy atom. The van der Waals surface area contributed by atoms with Gasteiger partial charge in [-0.15, -0.1) is 0 Å². The number of hydrogen-bond acceptors (Lipinski definition) is 7. The van der Waals surface area contributed by atoms with Crippen molar-refractivity contribution in [3.05, 3.63) is 89.6 Å². The van der Waals surface area contributed by atoms with Crippen LogP contribution in [0.5, 0.6) is 23.0 Å². The summed E-state index contributed by atoms with van der Waals surface area (Å²) in [7, 11) is 4.68. The first-order chi connectivity index (χ1) is 20.6. The molecule has 6 rings (SSSR count). The topological polar surface area (TPSA) is 93.2 Å². The Morgan fingerprint density at radius 1 is 0.905 bits per heavy atom. The van der Waals surface area contributed by atoms with E-state index in [1.807, 2.05) is 77.7 Å². The van der Waals surface area contributed by atoms with E-state index in [-0.39, 0.29) is 12.5 Å². The van der Waals surface area contributed by atoms with Crippen molar-refractivity contribution in [2.45, 2.75) is 25.4 Å². The van der Waals surface area contributed by atoms with Gasteiger partial charge in [-0.3, -0.25) is 4.79 Å². The normalized spacial score (nSPS) is 14.9. The van der Waals surface area contributed by atoms with Crippen molar-refractivity contribution in [1.82, 2.24) is 4.98 Å². The second-order valence-electron chi connectivity index (χ2n) is 10.4. The zero-order chi connectivity index (χ0) is 29.2. The first kappa shape index (κ1) is 27.5. The molecule has 1 aliphatic heterocycles. The Labute approximate surface area is 244 Å². The van der Waals surface area contributed by atoms with Gasteiger partial charge in [0.25, 0.3) is 0 Å². The second kappa shape index (κ2) is 11.7. The number of nitrogens with zero attached hydrogens (tertiary/aromatic N) is 1. The van der Waals surface area contributed by atoms with Crippen LogP contribution < -0.4 is 23.8 Å². The number of carbonyl (C=O) groups is 1. The van der Waals surface area contributed by atoms with Gasteiger partial charge in [-0.1, -0.05) is 54.6 Å². The molecule has 1 aliphatic rings. The number of aliphatic hydroxyl groups excluding tert-OH is 1. The molecule has 0 spiro atoms. The highest BCUT2D eigenvalue weighted by atomic mass is 16.5. The molecule has 0 amide bonds. The number of hydrogen-bond donors (Lipinski definition) is 2. The van der Waals surface area contributed by atoms with Gasteiger partial charge in [-0.25, -0.2) is 0 Å². The minimum atomic E-state index is -0.455. The molecule has 2 heterocycles. The van der Waals surface area contributed by atoms with Gasteiger partial charge in [0.05, 0.1) is 44.1 Å². The second-order valence-corrected chi connectivity index (χ2v) is 10.4. The number of aromatic amines is 1. The van der Waals surface area contributed by atoms with Crippen molar-refractivity contribution in [2.75, 3.05) is 39.5 Å². The Kier molecular flexibility index (Phi) is 7.63. The molecule has 4 aromatic carbocycles. The predicted octanol–water partition coefficient (Wildman–Crippen LogP) is 6.44. The molecule has 5 aromatic rings. The summed E-state index contributed by atoms with van der Waals surface area (Å²) in [5.41, 5.74) is 3.89. The fourth-order valence-corrected chi connectivity index (χ4v) is 6.05. The minimum absolute atomic E-state index is 0.0449. The molecule has 0 fully saturated rings. The maximum absolute atomic E-state index is 14.4. The van der Waals surface area contributed by atoms with Crippen LogP contribution in [0, 0.1) is 0 Å². The fraction of sp³-hybridized carbons (Fsp3) is 0.265. The molecule has 42 heavy (non-hydrogen) atoms. The molecule has 216 valence electrons. The number of benzene rings is 4. The van der Waals surface area contributed by atoms with E-state index >= 15 is 0 Å². The Morgan fingerprint density at radius 3 is 2.36 bits per heavy atom. The third-order valence-electron chi connectivity index (χ3n) is 8.03. The van der Waals surface area contributed by atoms with Crippen molar-refractivity contribution < 1.29 is 28.8 Å². The number of ketones is 1. The number of H-pyrrole nitrogens is 1. The number of methoxy groups -OCH3 is 3. The summed E-state index contributed by atoms with van der Waals surface area (Å²) in [4.78, 5) is 19.6. The van der Waals surface area contributed by atoms with E-state index in [1.54, 1.807) is 21.3 Å². The van der Waals surface area contributed by atoms with Crippen LogP contribution in [-0.4, -0.2) is 50.5 Å². The molecule has 0 radical (unpaired) electrons. The molecule has 0 saturated heterocycles. The highest BCUT2D eigenvalue weighted by Crippen LogP contribution is 2.46. The number of ether oxygens (including phenoxy) is 4. The summed E-state index contributed by atoms with van der Waals surface area (Å²) in [6.07, 6.45) is 1.36. The molecule has 0 aliphatic carbocycles. The molecule has 2 N–H and O–H groups in total. The SMILES string of the molecule is COc1cc2cc(C(=O)C3CCCN(CO)c4c3cc(OCc3ccccc3)c3ccccc43)[nH]c2c(OC)c1OC. The zero-order valence-corrected chi connectivity index (χ0v) is 24.0. The van der Waals surface area contributed by atoms with Crippen LogP contribution in [0.3, 0.4) is 0 Å². The van der Waals surface area contributed by atoms with Crippen LogP contribution in [0.1, 0.15) is 40.4 Å². The number of rotatable bonds is 9. The average Bonchev–Trinajstić information content (AvgIpc) is 3.37. The third kappa shape index (κ3) is 4.77. The minimum Gasteiger partial charge on any atom is -0.493 e. The Balaban J connectivity index is 1.48. The van der Waals surface area contributed by atoms with E-state index in [2.05, 4.69) is 4.98 Å². The summed E-state index contributed by atoms with van der Waals surface area (Å²) in [6, 6.07) is 23.7. The van der Waals surface area contributed by atoms with Crippen molar-refractivity contribution >= 4 is 33.1 Å². The van der Waals surface area contributed by atoms with Gasteiger partial charge in [0, 0.05) is 22.7 Å². The quantitative estimate of drug-likeness (QED) is 0.198. The highest BCUT2D eigenvalue weighted by Gasteiger charge is 2.32. The number of aromatic nitrogens is 1. The van der Waals surface area contributed by atoms with E-state index in [0.29, 0.717) is 53.8 Å². The van der Waals surface area contributed by atoms with Gasteiger partial charge in [-0.05, 0) is 42.2 Å². The number of fused-ring (bicyclic) bond motifs is 4. The lowest BCUT2D eigenvalue weighted by atomic mass is 9.86. The Hall–Kier alpha value is -4.69. The molecule has 1 unspecified atom stereocenters. The van der Waals surface area contributed by atoms with Crippen LogP contribution in [0.15, 0.2) is 72.8 Å². The van der Waals surface area contributed by atoms with Crippen LogP contribution in [0.25, 0.3) is 21.7 Å². The van der Waals surface area contributed by atoms with Crippen molar-refractivity contribution in [3.8, 4) is 23.0 Å². The predicted molar refractivity (Wildman–Crippen MR) is 163 cm³/mol. The molecule has 1 atom stereocenters. The maximum atomic E-state index is 14.4. The van der Waals surface area contributed by atoms with E-state index in [9.17, 15) is 9.90 Å². The lowest BCUT2D eigenvalue weighted by Gasteiger charge is -2.26. The molecule has 0 bridgehead atoms. The number of anilines is 1. The van der Waals surface area contributed by atoms with Crippen molar-refractivity contribution in [3.63, 3.8) is 0 Å². The van der Waals surface area contributed by atoms with E-state index in [4.69, 9.17) is 18.9 Å². The van der Waals surface area contributed by atoms with Crippen LogP contribution in [-0.2, 0) is 6.61 Å². The summed E-state index contributed by atoms with van der Waals surface area (Å²) >= 11 is 0. The number of aliphatic hydroxyl groups is 1. The largest absolute Gasteiger partial charge is 0.493 e.